The van der Waals surface area contributed by atoms with Crippen LogP contribution in [0.5, 0.6) is 0 Å². The maximum atomic E-state index is 12.2. The summed E-state index contributed by atoms with van der Waals surface area (Å²) in [7, 11) is 0. The Morgan fingerprint density at radius 2 is 2.31 bits per heavy atom. The van der Waals surface area contributed by atoms with E-state index in [9.17, 15) is 4.79 Å². The average molecular weight is 242 g/mol. The van der Waals surface area contributed by atoms with Crippen molar-refractivity contribution >= 4 is 17.7 Å². The van der Waals surface area contributed by atoms with Gasteiger partial charge in [-0.15, -0.1) is 11.8 Å². The highest BCUT2D eigenvalue weighted by Gasteiger charge is 2.37. The van der Waals surface area contributed by atoms with Crippen molar-refractivity contribution < 1.29 is 4.79 Å². The van der Waals surface area contributed by atoms with Crippen molar-refractivity contribution in [2.75, 3.05) is 18.8 Å². The molecule has 4 heteroatoms. The van der Waals surface area contributed by atoms with E-state index in [1.54, 1.807) is 0 Å². The summed E-state index contributed by atoms with van der Waals surface area (Å²) >= 11 is 1.81. The molecule has 2 fully saturated rings. The van der Waals surface area contributed by atoms with Crippen molar-refractivity contribution in [3.8, 4) is 0 Å². The molecule has 2 unspecified atom stereocenters. The number of nitrogens with one attached hydrogen (secondary N) is 2. The molecule has 2 atom stereocenters. The molecule has 0 radical (unpaired) electrons. The quantitative estimate of drug-likeness (QED) is 0.771. The zero-order valence-electron chi connectivity index (χ0n) is 10.1. The van der Waals surface area contributed by atoms with Crippen LogP contribution in [0.1, 0.15) is 39.0 Å². The second kappa shape index (κ2) is 5.41. The van der Waals surface area contributed by atoms with Crippen molar-refractivity contribution in [2.45, 2.75) is 49.8 Å². The summed E-state index contributed by atoms with van der Waals surface area (Å²) in [5.74, 6) is 1.39. The minimum atomic E-state index is -0.160. The molecule has 2 heterocycles. The molecular weight excluding hydrogens is 220 g/mol. The molecular formula is C12H22N2OS. The Hall–Kier alpha value is -0.220. The molecule has 2 aliphatic rings. The van der Waals surface area contributed by atoms with Crippen LogP contribution in [0.2, 0.25) is 0 Å². The normalized spacial score (nSPS) is 35.7. The van der Waals surface area contributed by atoms with Crippen molar-refractivity contribution in [2.24, 2.45) is 0 Å². The third-order valence-corrected chi connectivity index (χ3v) is 5.10. The molecule has 0 aromatic rings. The molecule has 16 heavy (non-hydrogen) atoms. The van der Waals surface area contributed by atoms with Crippen LogP contribution in [0.15, 0.2) is 0 Å². The van der Waals surface area contributed by atoms with E-state index in [1.807, 2.05) is 11.8 Å². The van der Waals surface area contributed by atoms with Gasteiger partial charge in [-0.25, -0.2) is 0 Å². The fourth-order valence-corrected chi connectivity index (χ4v) is 3.66. The Labute approximate surface area is 102 Å². The van der Waals surface area contributed by atoms with Crippen molar-refractivity contribution in [1.29, 1.82) is 0 Å². The monoisotopic (exact) mass is 242 g/mol. The van der Waals surface area contributed by atoms with Crippen LogP contribution in [-0.4, -0.2) is 35.5 Å². The number of thioether (sulfide) groups is 1. The molecule has 2 saturated heterocycles. The summed E-state index contributed by atoms with van der Waals surface area (Å²) in [6, 6.07) is 0.341. The minimum Gasteiger partial charge on any atom is -0.351 e. The van der Waals surface area contributed by atoms with Gasteiger partial charge in [0.1, 0.15) is 0 Å². The van der Waals surface area contributed by atoms with E-state index in [4.69, 9.17) is 0 Å². The van der Waals surface area contributed by atoms with Gasteiger partial charge in [0, 0.05) is 12.6 Å². The van der Waals surface area contributed by atoms with E-state index in [-0.39, 0.29) is 10.7 Å². The number of carbonyl (C=O) groups excluding carboxylic acids is 1. The summed E-state index contributed by atoms with van der Waals surface area (Å²) in [5.41, 5.74) is 0. The van der Waals surface area contributed by atoms with Gasteiger partial charge in [0.25, 0.3) is 0 Å². The van der Waals surface area contributed by atoms with Crippen LogP contribution in [0.3, 0.4) is 0 Å². The highest BCUT2D eigenvalue weighted by Crippen LogP contribution is 2.37. The summed E-state index contributed by atoms with van der Waals surface area (Å²) in [6.07, 6.45) is 5.79. The van der Waals surface area contributed by atoms with Gasteiger partial charge in [0.05, 0.1) is 4.75 Å². The first-order valence-electron chi connectivity index (χ1n) is 6.36. The fourth-order valence-electron chi connectivity index (χ4n) is 2.44. The van der Waals surface area contributed by atoms with Gasteiger partial charge in [0.2, 0.25) is 5.91 Å². The van der Waals surface area contributed by atoms with Crippen LogP contribution in [0.4, 0.5) is 0 Å². The van der Waals surface area contributed by atoms with E-state index < -0.39 is 0 Å². The van der Waals surface area contributed by atoms with Gasteiger partial charge in [-0.1, -0.05) is 6.42 Å². The van der Waals surface area contributed by atoms with Gasteiger partial charge in [-0.3, -0.25) is 4.79 Å². The van der Waals surface area contributed by atoms with E-state index >= 15 is 0 Å². The first-order chi connectivity index (χ1) is 7.71. The summed E-state index contributed by atoms with van der Waals surface area (Å²) < 4.78 is -0.160. The maximum absolute atomic E-state index is 12.2. The lowest BCUT2D eigenvalue weighted by Gasteiger charge is -2.25. The van der Waals surface area contributed by atoms with Crippen LogP contribution < -0.4 is 10.6 Å². The molecule has 2 rings (SSSR count). The molecule has 3 nitrogen and oxygen atoms in total. The number of amides is 1. The molecule has 0 bridgehead atoms. The van der Waals surface area contributed by atoms with Gasteiger partial charge in [-0.2, -0.15) is 0 Å². The van der Waals surface area contributed by atoms with E-state index in [2.05, 4.69) is 17.6 Å². The molecule has 2 aliphatic heterocycles. The zero-order valence-corrected chi connectivity index (χ0v) is 10.9. The first kappa shape index (κ1) is 12.2. The lowest BCUT2D eigenvalue weighted by atomic mass is 10.0. The average Bonchev–Trinajstić information content (AvgIpc) is 2.56. The van der Waals surface area contributed by atoms with Crippen LogP contribution in [-0.2, 0) is 4.79 Å². The molecule has 92 valence electrons. The number of hydrogen-bond donors (Lipinski definition) is 2. The standard InChI is InChI=1S/C12H22N2OS/c1-12(6-4-8-16-12)11(15)14-10-5-2-3-7-13-9-10/h10,13H,2-9H2,1H3,(H,14,15). The SMILES string of the molecule is CC1(C(=O)NC2CCCCNC2)CCCS1. The molecule has 0 spiro atoms. The molecule has 2 N–H and O–H groups in total. The number of rotatable bonds is 2. The predicted octanol–water partition coefficient (Wildman–Crippen LogP) is 1.53. The molecule has 1 amide bonds. The second-order valence-corrected chi connectivity index (χ2v) is 6.65. The fraction of sp³-hybridized carbons (Fsp3) is 0.917. The summed E-state index contributed by atoms with van der Waals surface area (Å²) in [6.45, 7) is 4.12. The van der Waals surface area contributed by atoms with E-state index in [0.29, 0.717) is 6.04 Å². The molecule has 0 aliphatic carbocycles. The molecule has 0 aromatic heterocycles. The smallest absolute Gasteiger partial charge is 0.236 e. The zero-order chi connectivity index (χ0) is 11.4. The van der Waals surface area contributed by atoms with Crippen LogP contribution in [0, 0.1) is 0 Å². The van der Waals surface area contributed by atoms with Gasteiger partial charge < -0.3 is 10.6 Å². The van der Waals surface area contributed by atoms with Gasteiger partial charge in [-0.05, 0) is 44.9 Å². The van der Waals surface area contributed by atoms with Gasteiger partial charge >= 0.3 is 0 Å². The van der Waals surface area contributed by atoms with Crippen molar-refractivity contribution in [3.05, 3.63) is 0 Å². The highest BCUT2D eigenvalue weighted by molar-refractivity contribution is 8.01. The van der Waals surface area contributed by atoms with Crippen molar-refractivity contribution in [3.63, 3.8) is 0 Å². The molecule has 0 saturated carbocycles. The topological polar surface area (TPSA) is 41.1 Å². The first-order valence-corrected chi connectivity index (χ1v) is 7.35. The van der Waals surface area contributed by atoms with Crippen LogP contribution >= 0.6 is 11.8 Å². The Morgan fingerprint density at radius 1 is 1.44 bits per heavy atom. The summed E-state index contributed by atoms with van der Waals surface area (Å²) in [5, 5.41) is 6.60. The number of carbonyl (C=O) groups is 1. The lowest BCUT2D eigenvalue weighted by molar-refractivity contribution is -0.123. The highest BCUT2D eigenvalue weighted by atomic mass is 32.2. The minimum absolute atomic E-state index is 0.160. The Balaban J connectivity index is 1.85. The third kappa shape index (κ3) is 2.92. The van der Waals surface area contributed by atoms with Crippen LogP contribution in [0.25, 0.3) is 0 Å². The number of hydrogen-bond acceptors (Lipinski definition) is 3. The maximum Gasteiger partial charge on any atom is 0.236 e. The largest absolute Gasteiger partial charge is 0.351 e. The second-order valence-electron chi connectivity index (χ2n) is 5.05. The Kier molecular flexibility index (Phi) is 4.14. The van der Waals surface area contributed by atoms with E-state index in [0.717, 1.165) is 31.7 Å². The lowest BCUT2D eigenvalue weighted by Crippen LogP contribution is -2.48. The van der Waals surface area contributed by atoms with Crippen molar-refractivity contribution in [1.82, 2.24) is 10.6 Å². The Morgan fingerprint density at radius 3 is 3.06 bits per heavy atom. The Bertz CT molecular complexity index is 243. The summed E-state index contributed by atoms with van der Waals surface area (Å²) in [4.78, 5) is 12.2. The van der Waals surface area contributed by atoms with E-state index in [1.165, 1.54) is 19.3 Å². The predicted molar refractivity (Wildman–Crippen MR) is 68.7 cm³/mol. The third-order valence-electron chi connectivity index (χ3n) is 3.58. The van der Waals surface area contributed by atoms with Gasteiger partial charge in [0.15, 0.2) is 0 Å². The molecule has 0 aromatic carbocycles.